The lowest BCUT2D eigenvalue weighted by Gasteiger charge is -2.16. The maximum Gasteiger partial charge on any atom is 0.326 e. The predicted octanol–water partition coefficient (Wildman–Crippen LogP) is -1.11. The zero-order valence-electron chi connectivity index (χ0n) is 12.4. The first kappa shape index (κ1) is 18.1. The number of carboxylic acids is 2. The van der Waals surface area contributed by atoms with Gasteiger partial charge in [0.15, 0.2) is 0 Å². The number of H-pyrrole nitrogens is 1. The highest BCUT2D eigenvalue weighted by molar-refractivity contribution is 5.92. The Morgan fingerprint density at radius 2 is 2.09 bits per heavy atom. The van der Waals surface area contributed by atoms with E-state index in [9.17, 15) is 14.4 Å². The molecule has 2 heterocycles. The summed E-state index contributed by atoms with van der Waals surface area (Å²) in [6.45, 7) is 1.08. The van der Waals surface area contributed by atoms with E-state index in [0.29, 0.717) is 12.1 Å². The van der Waals surface area contributed by atoms with Crippen molar-refractivity contribution in [1.82, 2.24) is 20.6 Å². The van der Waals surface area contributed by atoms with Gasteiger partial charge in [-0.05, 0) is 6.42 Å². The van der Waals surface area contributed by atoms with Crippen LogP contribution in [0.3, 0.4) is 0 Å². The van der Waals surface area contributed by atoms with E-state index >= 15 is 0 Å². The molecule has 10 heteroatoms. The van der Waals surface area contributed by atoms with E-state index < -0.39 is 29.9 Å². The molecule has 1 fully saturated rings. The van der Waals surface area contributed by atoms with Gasteiger partial charge in [0, 0.05) is 31.7 Å². The molecule has 0 aromatic carbocycles. The van der Waals surface area contributed by atoms with Crippen LogP contribution < -0.4 is 10.6 Å². The molecule has 5 N–H and O–H groups in total. The van der Waals surface area contributed by atoms with E-state index in [4.69, 9.17) is 15.0 Å². The average molecular weight is 326 g/mol. The Hall–Kier alpha value is -2.91. The minimum absolute atomic E-state index is 0.113. The fourth-order valence-corrected chi connectivity index (χ4v) is 1.90. The van der Waals surface area contributed by atoms with Crippen LogP contribution in [0.1, 0.15) is 25.5 Å². The maximum atomic E-state index is 11.8. The third-order valence-corrected chi connectivity index (χ3v) is 2.91. The Kier molecular flexibility index (Phi) is 6.71. The molecule has 2 amide bonds. The topological polar surface area (TPSA) is 161 Å². The van der Waals surface area contributed by atoms with Crippen LogP contribution in [-0.2, 0) is 25.6 Å². The molecule has 0 unspecified atom stereocenters. The molecule has 0 saturated carbocycles. The van der Waals surface area contributed by atoms with Crippen LogP contribution in [0.5, 0.6) is 0 Å². The number of carboxylic acid groups (broad SMARTS) is 2. The molecule has 0 spiro atoms. The summed E-state index contributed by atoms with van der Waals surface area (Å²) in [6, 6.07) is -1.69. The first-order valence-electron chi connectivity index (χ1n) is 6.79. The molecule has 1 aliphatic heterocycles. The van der Waals surface area contributed by atoms with Gasteiger partial charge in [-0.25, -0.2) is 9.78 Å². The van der Waals surface area contributed by atoms with Crippen LogP contribution in [0.25, 0.3) is 0 Å². The fourth-order valence-electron chi connectivity index (χ4n) is 1.90. The van der Waals surface area contributed by atoms with Gasteiger partial charge in [-0.15, -0.1) is 0 Å². The zero-order chi connectivity index (χ0) is 17.4. The number of amides is 2. The summed E-state index contributed by atoms with van der Waals surface area (Å²) in [6.07, 6.45) is 3.73. The molecule has 0 aliphatic carbocycles. The largest absolute Gasteiger partial charge is 0.481 e. The molecule has 2 atom stereocenters. The van der Waals surface area contributed by atoms with E-state index in [0.717, 1.165) is 6.92 Å². The number of aromatic amines is 1. The standard InChI is InChI=1S/C11H14N4O4.C2H4O2/c16-9-2-1-7(14-9)10(17)15-8(11(18)19)3-6-4-12-5-13-6;1-2(3)4/h4-5,7-8H,1-3H2,(H,12,13)(H,14,16)(H,15,17)(H,18,19);1H3,(H,3,4)/t7-,8-;/m0./s1. The molecular formula is C13H18N4O6. The number of nitrogens with zero attached hydrogens (tertiary/aromatic N) is 1. The van der Waals surface area contributed by atoms with E-state index in [1.807, 2.05) is 0 Å². The molecule has 23 heavy (non-hydrogen) atoms. The smallest absolute Gasteiger partial charge is 0.326 e. The highest BCUT2D eigenvalue weighted by Crippen LogP contribution is 2.07. The van der Waals surface area contributed by atoms with Crippen molar-refractivity contribution >= 4 is 23.8 Å². The number of carbonyl (C=O) groups is 4. The first-order chi connectivity index (χ1) is 10.8. The second-order valence-corrected chi connectivity index (χ2v) is 4.86. The van der Waals surface area contributed by atoms with Gasteiger partial charge >= 0.3 is 5.97 Å². The summed E-state index contributed by atoms with van der Waals surface area (Å²) < 4.78 is 0. The summed E-state index contributed by atoms with van der Waals surface area (Å²) in [5.41, 5.74) is 0.614. The Balaban J connectivity index is 0.000000593. The van der Waals surface area contributed by atoms with Gasteiger partial charge in [-0.1, -0.05) is 0 Å². The number of aliphatic carboxylic acids is 2. The molecule has 0 bridgehead atoms. The number of carbonyl (C=O) groups excluding carboxylic acids is 2. The third kappa shape index (κ3) is 6.59. The van der Waals surface area contributed by atoms with Gasteiger partial charge < -0.3 is 25.8 Å². The summed E-state index contributed by atoms with van der Waals surface area (Å²) >= 11 is 0. The van der Waals surface area contributed by atoms with Crippen molar-refractivity contribution in [1.29, 1.82) is 0 Å². The number of aromatic nitrogens is 2. The van der Waals surface area contributed by atoms with Crippen molar-refractivity contribution in [2.24, 2.45) is 0 Å². The highest BCUT2D eigenvalue weighted by atomic mass is 16.4. The molecular weight excluding hydrogens is 308 g/mol. The highest BCUT2D eigenvalue weighted by Gasteiger charge is 2.30. The van der Waals surface area contributed by atoms with Crippen LogP contribution >= 0.6 is 0 Å². The van der Waals surface area contributed by atoms with Crippen molar-refractivity contribution in [2.75, 3.05) is 0 Å². The maximum absolute atomic E-state index is 11.8. The monoisotopic (exact) mass is 326 g/mol. The van der Waals surface area contributed by atoms with Crippen molar-refractivity contribution < 1.29 is 29.4 Å². The van der Waals surface area contributed by atoms with Gasteiger partial charge in [-0.3, -0.25) is 14.4 Å². The second-order valence-electron chi connectivity index (χ2n) is 4.86. The molecule has 126 valence electrons. The summed E-state index contributed by atoms with van der Waals surface area (Å²) in [4.78, 5) is 49.5. The lowest BCUT2D eigenvalue weighted by atomic mass is 10.1. The number of imidazole rings is 1. The lowest BCUT2D eigenvalue weighted by Crippen LogP contribution is -2.49. The van der Waals surface area contributed by atoms with Crippen LogP contribution in [0.2, 0.25) is 0 Å². The average Bonchev–Trinajstić information content (AvgIpc) is 3.08. The van der Waals surface area contributed by atoms with Crippen LogP contribution in [0.15, 0.2) is 12.5 Å². The first-order valence-corrected chi connectivity index (χ1v) is 6.79. The Labute approximate surface area is 131 Å². The number of hydrogen-bond donors (Lipinski definition) is 5. The Morgan fingerprint density at radius 1 is 1.43 bits per heavy atom. The predicted molar refractivity (Wildman–Crippen MR) is 76.3 cm³/mol. The lowest BCUT2D eigenvalue weighted by molar-refractivity contribution is -0.142. The number of nitrogens with one attached hydrogen (secondary N) is 3. The third-order valence-electron chi connectivity index (χ3n) is 2.91. The van der Waals surface area contributed by atoms with E-state index in [-0.39, 0.29) is 18.7 Å². The second kappa shape index (κ2) is 8.51. The zero-order valence-corrected chi connectivity index (χ0v) is 12.4. The van der Waals surface area contributed by atoms with E-state index in [1.54, 1.807) is 0 Å². The van der Waals surface area contributed by atoms with Crippen LogP contribution in [0.4, 0.5) is 0 Å². The SMILES string of the molecule is CC(=O)O.O=C1CC[C@@H](C(=O)N[C@@H](Cc2cnc[nH]2)C(=O)O)N1. The normalized spacial score (nSPS) is 17.4. The summed E-state index contributed by atoms with van der Waals surface area (Å²) in [7, 11) is 0. The van der Waals surface area contributed by atoms with Crippen molar-refractivity contribution in [3.8, 4) is 0 Å². The van der Waals surface area contributed by atoms with Gasteiger partial charge in [-0.2, -0.15) is 0 Å². The van der Waals surface area contributed by atoms with Gasteiger partial charge in [0.1, 0.15) is 12.1 Å². The minimum Gasteiger partial charge on any atom is -0.481 e. The van der Waals surface area contributed by atoms with E-state index in [1.165, 1.54) is 12.5 Å². The summed E-state index contributed by atoms with van der Waals surface area (Å²) in [5, 5.41) is 21.4. The molecule has 2 rings (SSSR count). The summed E-state index contributed by atoms with van der Waals surface area (Å²) in [5.74, 6) is -2.63. The van der Waals surface area contributed by atoms with Crippen LogP contribution in [0, 0.1) is 0 Å². The van der Waals surface area contributed by atoms with Gasteiger partial charge in [0.05, 0.1) is 6.33 Å². The Morgan fingerprint density at radius 3 is 2.52 bits per heavy atom. The van der Waals surface area contributed by atoms with E-state index in [2.05, 4.69) is 20.6 Å². The van der Waals surface area contributed by atoms with Crippen molar-refractivity contribution in [2.45, 2.75) is 38.3 Å². The fraction of sp³-hybridized carbons (Fsp3) is 0.462. The van der Waals surface area contributed by atoms with Crippen molar-refractivity contribution in [3.63, 3.8) is 0 Å². The van der Waals surface area contributed by atoms with Crippen molar-refractivity contribution in [3.05, 3.63) is 18.2 Å². The molecule has 1 aromatic heterocycles. The van der Waals surface area contributed by atoms with Crippen LogP contribution in [-0.4, -0.2) is 56.0 Å². The molecule has 1 aromatic rings. The molecule has 0 radical (unpaired) electrons. The number of rotatable bonds is 5. The number of hydrogen-bond acceptors (Lipinski definition) is 5. The molecule has 1 saturated heterocycles. The van der Waals surface area contributed by atoms with Gasteiger partial charge in [0.2, 0.25) is 11.8 Å². The molecule has 1 aliphatic rings. The Bertz CT molecular complexity index is 567. The molecule has 10 nitrogen and oxygen atoms in total. The van der Waals surface area contributed by atoms with Gasteiger partial charge in [0.25, 0.3) is 5.97 Å². The quantitative estimate of drug-likeness (QED) is 0.458. The minimum atomic E-state index is -1.13.